The fraction of sp³-hybridized carbons (Fsp3) is 0.800. The third-order valence-electron chi connectivity index (χ3n) is 5.29. The van der Waals surface area contributed by atoms with Gasteiger partial charge in [-0.1, -0.05) is 59.3 Å². The van der Waals surface area contributed by atoms with Gasteiger partial charge in [-0.3, -0.25) is 14.4 Å². The van der Waals surface area contributed by atoms with Crippen molar-refractivity contribution in [1.29, 1.82) is 0 Å². The molecule has 3 N–H and O–H groups in total. The van der Waals surface area contributed by atoms with E-state index in [1.807, 2.05) is 20.8 Å². The predicted octanol–water partition coefficient (Wildman–Crippen LogP) is 3.72. The number of carboxylic acid groups (broad SMARTS) is 3. The van der Waals surface area contributed by atoms with Gasteiger partial charge in [-0.05, 0) is 19.3 Å². The summed E-state index contributed by atoms with van der Waals surface area (Å²) in [7, 11) is 0. The second-order valence-corrected chi connectivity index (χ2v) is 7.26. The molecule has 0 heterocycles. The first kappa shape index (κ1) is 25.9. The Morgan fingerprint density at radius 1 is 0.821 bits per heavy atom. The molecule has 0 aliphatic carbocycles. The molecule has 0 saturated carbocycles. The molecule has 0 saturated heterocycles. The molecule has 0 amide bonds. The van der Waals surface area contributed by atoms with Crippen molar-refractivity contribution >= 4 is 23.9 Å². The zero-order chi connectivity index (χ0) is 22.0. The zero-order valence-electron chi connectivity index (χ0n) is 17.3. The van der Waals surface area contributed by atoms with Crippen molar-refractivity contribution in [3.63, 3.8) is 0 Å². The van der Waals surface area contributed by atoms with Crippen LogP contribution in [-0.4, -0.2) is 44.8 Å². The van der Waals surface area contributed by atoms with Crippen molar-refractivity contribution in [2.45, 2.75) is 91.1 Å². The highest BCUT2D eigenvalue weighted by Crippen LogP contribution is 2.50. The lowest BCUT2D eigenvalue weighted by atomic mass is 9.59. The van der Waals surface area contributed by atoms with E-state index in [4.69, 9.17) is 4.74 Å². The SMILES string of the molecule is CCCCC(C(=O)O)C(OC(C)=O)(C(=O)O)C(CCCC)(CCCC)C(=O)O. The van der Waals surface area contributed by atoms with Crippen LogP contribution in [0.4, 0.5) is 0 Å². The Kier molecular flexibility index (Phi) is 10.8. The van der Waals surface area contributed by atoms with E-state index in [-0.39, 0.29) is 19.3 Å². The topological polar surface area (TPSA) is 138 Å². The minimum absolute atomic E-state index is 0.0890. The van der Waals surface area contributed by atoms with E-state index in [9.17, 15) is 34.5 Å². The van der Waals surface area contributed by atoms with Crippen LogP contribution in [0.5, 0.6) is 0 Å². The van der Waals surface area contributed by atoms with Gasteiger partial charge in [-0.2, -0.15) is 0 Å². The highest BCUT2D eigenvalue weighted by atomic mass is 16.6. The molecule has 162 valence electrons. The maximum absolute atomic E-state index is 12.5. The van der Waals surface area contributed by atoms with Gasteiger partial charge in [0.25, 0.3) is 0 Å². The number of carboxylic acids is 3. The molecule has 0 radical (unpaired) electrons. The van der Waals surface area contributed by atoms with Gasteiger partial charge in [0.1, 0.15) is 11.3 Å². The van der Waals surface area contributed by atoms with Crippen molar-refractivity contribution in [2.75, 3.05) is 0 Å². The third-order valence-corrected chi connectivity index (χ3v) is 5.29. The molecular weight excluding hydrogens is 368 g/mol. The van der Waals surface area contributed by atoms with E-state index >= 15 is 0 Å². The molecule has 28 heavy (non-hydrogen) atoms. The highest BCUT2D eigenvalue weighted by Gasteiger charge is 2.69. The van der Waals surface area contributed by atoms with Gasteiger partial charge >= 0.3 is 23.9 Å². The van der Waals surface area contributed by atoms with Crippen LogP contribution in [0.2, 0.25) is 0 Å². The van der Waals surface area contributed by atoms with Crippen molar-refractivity contribution in [1.82, 2.24) is 0 Å². The number of rotatable bonds is 15. The number of esters is 1. The molecule has 8 nitrogen and oxygen atoms in total. The minimum Gasteiger partial charge on any atom is -0.481 e. The van der Waals surface area contributed by atoms with Gasteiger partial charge in [-0.15, -0.1) is 0 Å². The normalized spacial score (nSPS) is 14.7. The van der Waals surface area contributed by atoms with Gasteiger partial charge < -0.3 is 20.1 Å². The average Bonchev–Trinajstić information content (AvgIpc) is 2.60. The van der Waals surface area contributed by atoms with Gasteiger partial charge in [-0.25, -0.2) is 4.79 Å². The van der Waals surface area contributed by atoms with Gasteiger partial charge in [0, 0.05) is 6.92 Å². The van der Waals surface area contributed by atoms with E-state index in [2.05, 4.69) is 0 Å². The molecule has 0 aromatic rings. The van der Waals surface area contributed by atoms with Crippen LogP contribution in [-0.2, 0) is 23.9 Å². The summed E-state index contributed by atoms with van der Waals surface area (Å²) < 4.78 is 5.24. The second kappa shape index (κ2) is 11.7. The van der Waals surface area contributed by atoms with Gasteiger partial charge in [0.15, 0.2) is 0 Å². The Morgan fingerprint density at radius 3 is 1.57 bits per heavy atom. The summed E-state index contributed by atoms with van der Waals surface area (Å²) in [5.41, 5.74) is -4.72. The van der Waals surface area contributed by atoms with Crippen LogP contribution < -0.4 is 0 Å². The Morgan fingerprint density at radius 2 is 1.29 bits per heavy atom. The van der Waals surface area contributed by atoms with Crippen LogP contribution in [0.15, 0.2) is 0 Å². The number of carbonyl (C=O) groups excluding carboxylic acids is 1. The zero-order valence-corrected chi connectivity index (χ0v) is 17.3. The number of ether oxygens (including phenoxy) is 1. The Balaban J connectivity index is 6.96. The molecule has 0 aromatic carbocycles. The van der Waals surface area contributed by atoms with E-state index in [0.29, 0.717) is 38.5 Å². The lowest BCUT2D eigenvalue weighted by Gasteiger charge is -2.47. The number of hydrogen-bond donors (Lipinski definition) is 3. The Labute approximate surface area is 166 Å². The predicted molar refractivity (Wildman–Crippen MR) is 102 cm³/mol. The summed E-state index contributed by atoms with van der Waals surface area (Å²) >= 11 is 0. The first-order valence-corrected chi connectivity index (χ1v) is 9.96. The molecule has 0 aliphatic heterocycles. The number of unbranched alkanes of at least 4 members (excludes halogenated alkanes) is 3. The third kappa shape index (κ3) is 5.45. The molecule has 0 bridgehead atoms. The standard InChI is InChI=1S/C20H34O8/c1-5-8-11-15(16(22)23)20(18(26)27,28-14(4)21)19(17(24)25,12-9-6-2)13-10-7-3/h15H,5-13H2,1-4H3,(H,22,23)(H,24,25)(H,26,27). The van der Waals surface area contributed by atoms with Crippen LogP contribution in [0, 0.1) is 11.3 Å². The van der Waals surface area contributed by atoms with E-state index < -0.39 is 40.8 Å². The summed E-state index contributed by atoms with van der Waals surface area (Å²) in [6.07, 6.45) is 2.58. The average molecular weight is 402 g/mol. The maximum Gasteiger partial charge on any atom is 0.350 e. The lowest BCUT2D eigenvalue weighted by molar-refractivity contribution is -0.220. The van der Waals surface area contributed by atoms with Crippen LogP contribution in [0.25, 0.3) is 0 Å². The van der Waals surface area contributed by atoms with Crippen molar-refractivity contribution in [3.8, 4) is 0 Å². The maximum atomic E-state index is 12.5. The quantitative estimate of drug-likeness (QED) is 0.352. The first-order valence-electron chi connectivity index (χ1n) is 9.96. The molecule has 0 fully saturated rings. The summed E-state index contributed by atoms with van der Waals surface area (Å²) in [6, 6.07) is 0. The van der Waals surface area contributed by atoms with E-state index in [1.54, 1.807) is 0 Å². The van der Waals surface area contributed by atoms with Crippen molar-refractivity contribution in [3.05, 3.63) is 0 Å². The van der Waals surface area contributed by atoms with Crippen LogP contribution in [0.1, 0.15) is 85.5 Å². The second-order valence-electron chi connectivity index (χ2n) is 7.26. The molecule has 0 aromatic heterocycles. The van der Waals surface area contributed by atoms with Crippen LogP contribution in [0.3, 0.4) is 0 Å². The Hall–Kier alpha value is -2.12. The van der Waals surface area contributed by atoms with E-state index in [1.165, 1.54) is 0 Å². The minimum atomic E-state index is -2.68. The monoisotopic (exact) mass is 402 g/mol. The molecule has 0 aliphatic rings. The van der Waals surface area contributed by atoms with E-state index in [0.717, 1.165) is 6.92 Å². The van der Waals surface area contributed by atoms with Gasteiger partial charge in [0.2, 0.25) is 5.60 Å². The van der Waals surface area contributed by atoms with Gasteiger partial charge in [0.05, 0.1) is 0 Å². The lowest BCUT2D eigenvalue weighted by Crippen LogP contribution is -2.66. The number of aliphatic carboxylic acids is 3. The largest absolute Gasteiger partial charge is 0.481 e. The molecular formula is C20H34O8. The van der Waals surface area contributed by atoms with Crippen LogP contribution >= 0.6 is 0 Å². The molecule has 0 rings (SSSR count). The van der Waals surface area contributed by atoms with Crippen molar-refractivity contribution in [2.24, 2.45) is 11.3 Å². The molecule has 0 spiro atoms. The molecule has 2 unspecified atom stereocenters. The molecule has 2 atom stereocenters. The summed E-state index contributed by atoms with van der Waals surface area (Å²) in [5, 5.41) is 30.2. The first-order chi connectivity index (χ1) is 13.1. The fourth-order valence-electron chi connectivity index (χ4n) is 3.86. The molecule has 8 heteroatoms. The summed E-state index contributed by atoms with van der Waals surface area (Å²) in [4.78, 5) is 49.1. The number of hydrogen-bond acceptors (Lipinski definition) is 5. The summed E-state index contributed by atoms with van der Waals surface area (Å²) in [6.45, 7) is 6.44. The number of carbonyl (C=O) groups is 4. The smallest absolute Gasteiger partial charge is 0.350 e. The highest BCUT2D eigenvalue weighted by molar-refractivity contribution is 5.95. The van der Waals surface area contributed by atoms with Crippen molar-refractivity contribution < 1.29 is 39.2 Å². The fourth-order valence-corrected chi connectivity index (χ4v) is 3.86. The summed E-state index contributed by atoms with van der Waals surface area (Å²) in [5.74, 6) is -7.32. The Bertz CT molecular complexity index is 548.